The summed E-state index contributed by atoms with van der Waals surface area (Å²) in [6.45, 7) is 1.41. The van der Waals surface area contributed by atoms with Gasteiger partial charge in [0.05, 0.1) is 4.90 Å². The van der Waals surface area contributed by atoms with E-state index in [2.05, 4.69) is 5.32 Å². The van der Waals surface area contributed by atoms with Crippen molar-refractivity contribution in [3.05, 3.63) is 84.9 Å². The lowest BCUT2D eigenvalue weighted by molar-refractivity contribution is -0.115. The molecule has 0 aliphatic rings. The summed E-state index contributed by atoms with van der Waals surface area (Å²) in [6, 6.07) is 25.0. The number of hydrogen-bond donors (Lipinski definition) is 1. The smallest absolute Gasteiger partial charge is 0.242 e. The molecule has 0 bridgehead atoms. The fraction of sp³-hybridized carbons (Fsp3) is 0.0952. The lowest BCUT2D eigenvalue weighted by atomic mass is 10.0. The van der Waals surface area contributed by atoms with Crippen molar-refractivity contribution in [1.29, 1.82) is 0 Å². The van der Waals surface area contributed by atoms with E-state index in [1.807, 2.05) is 42.5 Å². The molecule has 0 saturated carbocycles. The highest BCUT2D eigenvalue weighted by Crippen LogP contribution is 2.28. The fourth-order valence-corrected chi connectivity index (χ4v) is 3.94. The molecule has 0 spiro atoms. The van der Waals surface area contributed by atoms with Crippen LogP contribution in [0.1, 0.15) is 6.92 Å². The van der Waals surface area contributed by atoms with Crippen LogP contribution in [0.3, 0.4) is 0 Å². The van der Waals surface area contributed by atoms with Crippen LogP contribution >= 0.6 is 0 Å². The molecule has 132 valence electrons. The monoisotopic (exact) mass is 365 g/mol. The zero-order chi connectivity index (χ0) is 18.6. The lowest BCUT2D eigenvalue weighted by Gasteiger charge is -2.16. The number of nitrogens with one attached hydrogen (secondary N) is 1. The summed E-state index contributed by atoms with van der Waals surface area (Å²) in [7, 11) is -3.75. The molecule has 1 amide bonds. The Balaban J connectivity index is 1.87. The number of carbonyl (C=O) groups is 1. The number of carbonyl (C=O) groups excluding carboxylic acids is 1. The highest BCUT2D eigenvalue weighted by atomic mass is 32.2. The average Bonchev–Trinajstić information content (AvgIpc) is 2.69. The molecule has 0 radical (unpaired) electrons. The van der Waals surface area contributed by atoms with E-state index < -0.39 is 21.0 Å². The number of sulfone groups is 1. The van der Waals surface area contributed by atoms with E-state index in [9.17, 15) is 13.2 Å². The van der Waals surface area contributed by atoms with E-state index in [-0.39, 0.29) is 4.90 Å². The Hall–Kier alpha value is -2.92. The molecule has 3 rings (SSSR count). The van der Waals surface area contributed by atoms with Gasteiger partial charge in [-0.1, -0.05) is 66.7 Å². The van der Waals surface area contributed by atoms with Crippen molar-refractivity contribution in [2.24, 2.45) is 0 Å². The van der Waals surface area contributed by atoms with Gasteiger partial charge in [0.2, 0.25) is 5.91 Å². The summed E-state index contributed by atoms with van der Waals surface area (Å²) in [5, 5.41) is 1.57. The summed E-state index contributed by atoms with van der Waals surface area (Å²) in [4.78, 5) is 12.8. The zero-order valence-electron chi connectivity index (χ0n) is 14.3. The maximum absolute atomic E-state index is 12.7. The maximum atomic E-state index is 12.7. The van der Waals surface area contributed by atoms with E-state index in [4.69, 9.17) is 0 Å². The Labute approximate surface area is 153 Å². The van der Waals surface area contributed by atoms with Crippen molar-refractivity contribution < 1.29 is 13.2 Å². The molecule has 0 saturated heterocycles. The second-order valence-electron chi connectivity index (χ2n) is 5.90. The van der Waals surface area contributed by atoms with Gasteiger partial charge in [0, 0.05) is 11.3 Å². The Bertz CT molecular complexity index is 1000. The molecule has 1 atom stereocenters. The maximum Gasteiger partial charge on any atom is 0.242 e. The van der Waals surface area contributed by atoms with Gasteiger partial charge in [0.15, 0.2) is 9.84 Å². The topological polar surface area (TPSA) is 63.2 Å². The van der Waals surface area contributed by atoms with Gasteiger partial charge in [0.1, 0.15) is 5.25 Å². The van der Waals surface area contributed by atoms with Crippen molar-refractivity contribution in [1.82, 2.24) is 0 Å². The predicted octanol–water partition coefficient (Wildman–Crippen LogP) is 4.15. The second-order valence-corrected chi connectivity index (χ2v) is 8.17. The summed E-state index contributed by atoms with van der Waals surface area (Å²) >= 11 is 0. The first-order valence-electron chi connectivity index (χ1n) is 8.24. The van der Waals surface area contributed by atoms with Gasteiger partial charge in [-0.2, -0.15) is 0 Å². The van der Waals surface area contributed by atoms with Crippen molar-refractivity contribution in [3.63, 3.8) is 0 Å². The summed E-state index contributed by atoms with van der Waals surface area (Å²) in [5.41, 5.74) is 2.37. The molecule has 1 N–H and O–H groups in total. The minimum Gasteiger partial charge on any atom is -0.324 e. The molecule has 0 aliphatic carbocycles. The molecule has 3 aromatic carbocycles. The number of rotatable bonds is 5. The van der Waals surface area contributed by atoms with Crippen molar-refractivity contribution in [2.45, 2.75) is 17.1 Å². The Morgan fingerprint density at radius 1 is 0.808 bits per heavy atom. The van der Waals surface area contributed by atoms with Crippen LogP contribution in [0.4, 0.5) is 5.69 Å². The fourth-order valence-electron chi connectivity index (χ4n) is 2.65. The SMILES string of the molecule is CC(C(=O)Nc1ccccc1-c1ccccc1)S(=O)(=O)c1ccccc1. The van der Waals surface area contributed by atoms with E-state index in [0.717, 1.165) is 11.1 Å². The van der Waals surface area contributed by atoms with Gasteiger partial charge in [-0.25, -0.2) is 8.42 Å². The first-order valence-corrected chi connectivity index (χ1v) is 9.79. The third kappa shape index (κ3) is 3.68. The lowest BCUT2D eigenvalue weighted by Crippen LogP contribution is -2.32. The van der Waals surface area contributed by atoms with Crippen LogP contribution in [0.15, 0.2) is 89.8 Å². The molecular weight excluding hydrogens is 346 g/mol. The minimum atomic E-state index is -3.75. The van der Waals surface area contributed by atoms with Crippen LogP contribution in [0.25, 0.3) is 11.1 Å². The molecule has 26 heavy (non-hydrogen) atoms. The van der Waals surface area contributed by atoms with Crippen molar-refractivity contribution >= 4 is 21.4 Å². The number of benzene rings is 3. The van der Waals surface area contributed by atoms with Crippen LogP contribution in [0, 0.1) is 0 Å². The van der Waals surface area contributed by atoms with Crippen molar-refractivity contribution in [2.75, 3.05) is 5.32 Å². The van der Waals surface area contributed by atoms with E-state index >= 15 is 0 Å². The highest BCUT2D eigenvalue weighted by Gasteiger charge is 2.30. The molecule has 0 aromatic heterocycles. The normalized spacial score (nSPS) is 12.3. The van der Waals surface area contributed by atoms with Gasteiger partial charge in [0.25, 0.3) is 0 Å². The van der Waals surface area contributed by atoms with Crippen LogP contribution in [0.5, 0.6) is 0 Å². The molecule has 0 heterocycles. The minimum absolute atomic E-state index is 0.138. The van der Waals surface area contributed by atoms with Crippen molar-refractivity contribution in [3.8, 4) is 11.1 Å². The van der Waals surface area contributed by atoms with E-state index in [1.54, 1.807) is 30.3 Å². The van der Waals surface area contributed by atoms with Crippen LogP contribution in [0.2, 0.25) is 0 Å². The molecule has 0 fully saturated rings. The highest BCUT2D eigenvalue weighted by molar-refractivity contribution is 7.92. The van der Waals surface area contributed by atoms with Gasteiger partial charge >= 0.3 is 0 Å². The first-order chi connectivity index (χ1) is 12.5. The zero-order valence-corrected chi connectivity index (χ0v) is 15.1. The third-order valence-electron chi connectivity index (χ3n) is 4.18. The van der Waals surface area contributed by atoms with E-state index in [1.165, 1.54) is 19.1 Å². The van der Waals surface area contributed by atoms with Crippen LogP contribution in [-0.4, -0.2) is 19.6 Å². The standard InChI is InChI=1S/C21H19NO3S/c1-16(26(24,25)18-12-6-3-7-13-18)21(23)22-20-15-9-8-14-19(20)17-10-4-2-5-11-17/h2-16H,1H3,(H,22,23). The molecule has 4 nitrogen and oxygen atoms in total. The molecule has 1 unspecified atom stereocenters. The molecule has 0 aliphatic heterocycles. The third-order valence-corrected chi connectivity index (χ3v) is 6.25. The van der Waals surface area contributed by atoms with E-state index in [0.29, 0.717) is 5.69 Å². The second kappa shape index (κ2) is 7.54. The van der Waals surface area contributed by atoms with Gasteiger partial charge in [-0.15, -0.1) is 0 Å². The average molecular weight is 365 g/mol. The van der Waals surface area contributed by atoms with Gasteiger partial charge < -0.3 is 5.32 Å². The number of anilines is 1. The Morgan fingerprint density at radius 3 is 2.00 bits per heavy atom. The predicted molar refractivity (Wildman–Crippen MR) is 104 cm³/mol. The van der Waals surface area contributed by atoms with Crippen LogP contribution < -0.4 is 5.32 Å². The largest absolute Gasteiger partial charge is 0.324 e. The quantitative estimate of drug-likeness (QED) is 0.739. The Kier molecular flexibility index (Phi) is 5.19. The van der Waals surface area contributed by atoms with Gasteiger partial charge in [-0.05, 0) is 30.7 Å². The summed E-state index contributed by atoms with van der Waals surface area (Å²) in [6.07, 6.45) is 0. The van der Waals surface area contributed by atoms with Gasteiger partial charge in [-0.3, -0.25) is 4.79 Å². The summed E-state index contributed by atoms with van der Waals surface area (Å²) < 4.78 is 25.3. The van der Waals surface area contributed by atoms with Crippen LogP contribution in [-0.2, 0) is 14.6 Å². The Morgan fingerprint density at radius 2 is 1.35 bits per heavy atom. The number of para-hydroxylation sites is 1. The number of amides is 1. The molecule has 3 aromatic rings. The molecule has 5 heteroatoms. The first kappa shape index (κ1) is 17.9. The molecular formula is C21H19NO3S. The summed E-state index contributed by atoms with van der Waals surface area (Å²) in [5.74, 6) is -0.558. The number of hydrogen-bond acceptors (Lipinski definition) is 3.